The molecule has 238 valence electrons. The Hall–Kier alpha value is -3.43. The van der Waals surface area contributed by atoms with Crippen molar-refractivity contribution in [2.24, 2.45) is 5.41 Å². The van der Waals surface area contributed by atoms with Gasteiger partial charge in [-0.05, 0) is 80.4 Å². The molecule has 7 rings (SSSR count). The van der Waals surface area contributed by atoms with Crippen molar-refractivity contribution in [3.05, 3.63) is 53.7 Å². The molecule has 45 heavy (non-hydrogen) atoms. The lowest BCUT2D eigenvalue weighted by atomic mass is 9.75. The molecule has 0 amide bonds. The second-order valence-electron chi connectivity index (χ2n) is 12.9. The molecule has 0 bridgehead atoms. The number of rotatable bonds is 8. The van der Waals surface area contributed by atoms with Gasteiger partial charge in [0.05, 0.1) is 18.6 Å². The fourth-order valence-corrected chi connectivity index (χ4v) is 8.22. The number of ether oxygens (including phenoxy) is 2. The van der Waals surface area contributed by atoms with E-state index in [0.717, 1.165) is 57.1 Å². The highest BCUT2D eigenvalue weighted by atomic mass is 19.1. The van der Waals surface area contributed by atoms with Crippen LogP contribution in [0.25, 0.3) is 32.9 Å². The second kappa shape index (κ2) is 12.8. The van der Waals surface area contributed by atoms with E-state index in [1.165, 1.54) is 18.9 Å². The van der Waals surface area contributed by atoms with E-state index in [-0.39, 0.29) is 28.5 Å². The number of benzene rings is 2. The molecule has 2 saturated heterocycles. The van der Waals surface area contributed by atoms with Crippen LogP contribution in [0.5, 0.6) is 6.01 Å². The number of pyridine rings is 1. The number of nitrogens with zero attached hydrogens (tertiary/aromatic N) is 5. The van der Waals surface area contributed by atoms with Crippen LogP contribution in [0.1, 0.15) is 64.4 Å². The summed E-state index contributed by atoms with van der Waals surface area (Å²) in [5, 5.41) is 2.07. The van der Waals surface area contributed by atoms with Crippen LogP contribution in [0.4, 0.5) is 14.6 Å². The zero-order valence-electron chi connectivity index (χ0n) is 26.5. The Bertz CT molecular complexity index is 1690. The molecule has 0 unspecified atom stereocenters. The number of halogens is 2. The van der Waals surface area contributed by atoms with Crippen molar-refractivity contribution in [2.45, 2.75) is 71.3 Å². The van der Waals surface area contributed by atoms with Gasteiger partial charge in [0.15, 0.2) is 5.82 Å². The van der Waals surface area contributed by atoms with Gasteiger partial charge < -0.3 is 14.4 Å². The molecule has 4 heterocycles. The van der Waals surface area contributed by atoms with E-state index in [4.69, 9.17) is 19.4 Å². The summed E-state index contributed by atoms with van der Waals surface area (Å²) in [5.41, 5.74) is 1.50. The molecule has 1 aliphatic carbocycles. The number of anilines is 1. The molecule has 2 atom stereocenters. The molecule has 3 fully saturated rings. The summed E-state index contributed by atoms with van der Waals surface area (Å²) in [6, 6.07) is 9.51. The molecule has 9 heteroatoms. The molecule has 2 aromatic heterocycles. The topological polar surface area (TPSA) is 63.6 Å². The number of aryl methyl sites for hydroxylation is 1. The summed E-state index contributed by atoms with van der Waals surface area (Å²) in [6.07, 6.45) is 9.93. The molecular formula is C36H43F2N5O2. The average Bonchev–Trinajstić information content (AvgIpc) is 3.31. The van der Waals surface area contributed by atoms with Gasteiger partial charge in [0.1, 0.15) is 22.8 Å². The first kappa shape index (κ1) is 30.2. The standard InChI is InChI=1S/C36H43F2N5O2/c1-3-16-42-17-7-15-36(14-6-11-29(36)42)23-45-35-40-33-27(34(41-35)43-18-8-20-44-21-19-43)22-39-32(31(33)38)26-10-5-9-24-12-13-28(37)25(4-2)30(24)26/h5,9-10,12-13,22,29H,3-4,6-8,11,14-21,23H2,1-2H3/t29-,36-/m1/s1. The monoisotopic (exact) mass is 615 g/mol. The molecule has 2 aromatic carbocycles. The molecule has 0 N–H and O–H groups in total. The molecule has 0 radical (unpaired) electrons. The summed E-state index contributed by atoms with van der Waals surface area (Å²) in [6.45, 7) is 9.54. The molecule has 7 nitrogen and oxygen atoms in total. The van der Waals surface area contributed by atoms with Crippen LogP contribution in [0.15, 0.2) is 36.5 Å². The number of piperidine rings is 1. The first-order valence-corrected chi connectivity index (χ1v) is 16.8. The maximum absolute atomic E-state index is 16.8. The normalized spacial score (nSPS) is 22.6. The molecule has 0 spiro atoms. The molecule has 3 aliphatic rings. The number of likely N-dealkylation sites (tertiary alicyclic amines) is 1. The van der Waals surface area contributed by atoms with Gasteiger partial charge in [0.25, 0.3) is 0 Å². The van der Waals surface area contributed by atoms with E-state index in [1.54, 1.807) is 12.3 Å². The van der Waals surface area contributed by atoms with Gasteiger partial charge in [-0.3, -0.25) is 9.88 Å². The van der Waals surface area contributed by atoms with Gasteiger partial charge in [0.2, 0.25) is 0 Å². The lowest BCUT2D eigenvalue weighted by Gasteiger charge is -2.46. The third-order valence-corrected chi connectivity index (χ3v) is 10.3. The van der Waals surface area contributed by atoms with Gasteiger partial charge in [0, 0.05) is 42.9 Å². The van der Waals surface area contributed by atoms with E-state index in [0.29, 0.717) is 66.5 Å². The Morgan fingerprint density at radius 1 is 1.00 bits per heavy atom. The minimum Gasteiger partial charge on any atom is -0.463 e. The van der Waals surface area contributed by atoms with E-state index < -0.39 is 5.82 Å². The smallest absolute Gasteiger partial charge is 0.319 e. The Kier molecular flexibility index (Phi) is 8.57. The van der Waals surface area contributed by atoms with E-state index >= 15 is 4.39 Å². The van der Waals surface area contributed by atoms with Gasteiger partial charge in [-0.15, -0.1) is 0 Å². The molecule has 2 aliphatic heterocycles. The minimum absolute atomic E-state index is 0.0634. The SMILES string of the molecule is CCCN1CCC[C@@]2(COc3nc(N4CCCOCC4)c4cnc(-c5cccc6ccc(F)c(CC)c56)c(F)c4n3)CCC[C@@H]12. The summed E-state index contributed by atoms with van der Waals surface area (Å²) >= 11 is 0. The zero-order valence-corrected chi connectivity index (χ0v) is 26.5. The number of hydrogen-bond donors (Lipinski definition) is 0. The van der Waals surface area contributed by atoms with Crippen LogP contribution in [0.2, 0.25) is 0 Å². The van der Waals surface area contributed by atoms with E-state index in [2.05, 4.69) is 21.7 Å². The van der Waals surface area contributed by atoms with Crippen molar-refractivity contribution in [3.63, 3.8) is 0 Å². The Morgan fingerprint density at radius 2 is 1.89 bits per heavy atom. The third-order valence-electron chi connectivity index (χ3n) is 10.3. The molecule has 1 saturated carbocycles. The van der Waals surface area contributed by atoms with E-state index in [1.807, 2.05) is 25.1 Å². The molecular weight excluding hydrogens is 572 g/mol. The average molecular weight is 616 g/mol. The summed E-state index contributed by atoms with van der Waals surface area (Å²) < 4.78 is 44.0. The lowest BCUT2D eigenvalue weighted by Crippen LogP contribution is -2.52. The first-order valence-electron chi connectivity index (χ1n) is 16.8. The number of hydrogen-bond acceptors (Lipinski definition) is 7. The largest absolute Gasteiger partial charge is 0.463 e. The van der Waals surface area contributed by atoms with Gasteiger partial charge in [-0.1, -0.05) is 44.5 Å². The Balaban J connectivity index is 1.33. The maximum Gasteiger partial charge on any atom is 0.319 e. The second-order valence-corrected chi connectivity index (χ2v) is 12.9. The Labute approximate surface area is 264 Å². The maximum atomic E-state index is 16.8. The quantitative estimate of drug-likeness (QED) is 0.206. The summed E-state index contributed by atoms with van der Waals surface area (Å²) in [4.78, 5) is 19.1. The van der Waals surface area contributed by atoms with Crippen LogP contribution < -0.4 is 9.64 Å². The van der Waals surface area contributed by atoms with Crippen molar-refractivity contribution < 1.29 is 18.3 Å². The van der Waals surface area contributed by atoms with Gasteiger partial charge in [-0.2, -0.15) is 9.97 Å². The lowest BCUT2D eigenvalue weighted by molar-refractivity contribution is -0.000131. The highest BCUT2D eigenvalue weighted by molar-refractivity contribution is 6.00. The van der Waals surface area contributed by atoms with E-state index in [9.17, 15) is 4.39 Å². The van der Waals surface area contributed by atoms with Gasteiger partial charge in [-0.25, -0.2) is 8.78 Å². The highest BCUT2D eigenvalue weighted by Crippen LogP contribution is 2.48. The number of fused-ring (bicyclic) bond motifs is 3. The van der Waals surface area contributed by atoms with Crippen LogP contribution in [0.3, 0.4) is 0 Å². The van der Waals surface area contributed by atoms with Crippen molar-refractivity contribution in [1.29, 1.82) is 0 Å². The summed E-state index contributed by atoms with van der Waals surface area (Å²) in [5.74, 6) is -0.227. The van der Waals surface area contributed by atoms with Crippen molar-refractivity contribution in [2.75, 3.05) is 50.9 Å². The van der Waals surface area contributed by atoms with Crippen LogP contribution in [-0.2, 0) is 11.2 Å². The molecule has 4 aromatic rings. The Morgan fingerprint density at radius 3 is 2.76 bits per heavy atom. The first-order chi connectivity index (χ1) is 22.0. The zero-order chi connectivity index (χ0) is 31.0. The third kappa shape index (κ3) is 5.52. The van der Waals surface area contributed by atoms with Gasteiger partial charge >= 0.3 is 6.01 Å². The summed E-state index contributed by atoms with van der Waals surface area (Å²) in [7, 11) is 0. The minimum atomic E-state index is -0.547. The number of aromatic nitrogens is 3. The van der Waals surface area contributed by atoms with Crippen molar-refractivity contribution >= 4 is 27.5 Å². The predicted molar refractivity (Wildman–Crippen MR) is 174 cm³/mol. The fourth-order valence-electron chi connectivity index (χ4n) is 8.22. The predicted octanol–water partition coefficient (Wildman–Crippen LogP) is 7.34. The highest BCUT2D eigenvalue weighted by Gasteiger charge is 2.48. The van der Waals surface area contributed by atoms with Crippen molar-refractivity contribution in [3.8, 4) is 17.3 Å². The van der Waals surface area contributed by atoms with Crippen LogP contribution in [0, 0.1) is 17.0 Å². The van der Waals surface area contributed by atoms with Crippen LogP contribution in [-0.4, -0.2) is 71.9 Å². The fraction of sp³-hybridized carbons (Fsp3) is 0.528. The van der Waals surface area contributed by atoms with Crippen LogP contribution >= 0.6 is 0 Å². The van der Waals surface area contributed by atoms with Crippen molar-refractivity contribution in [1.82, 2.24) is 19.9 Å².